The molecule has 5 nitrogen and oxygen atoms in total. The van der Waals surface area contributed by atoms with E-state index in [1.165, 1.54) is 10.5 Å². The highest BCUT2D eigenvalue weighted by molar-refractivity contribution is 7.98. The van der Waals surface area contributed by atoms with E-state index in [2.05, 4.69) is 63.6 Å². The van der Waals surface area contributed by atoms with Crippen molar-refractivity contribution in [2.75, 3.05) is 12.8 Å². The van der Waals surface area contributed by atoms with Crippen molar-refractivity contribution >= 4 is 11.8 Å². The van der Waals surface area contributed by atoms with Gasteiger partial charge in [-0.05, 0) is 42.7 Å². The van der Waals surface area contributed by atoms with Gasteiger partial charge >= 0.3 is 0 Å². The van der Waals surface area contributed by atoms with Crippen molar-refractivity contribution in [1.82, 2.24) is 24.8 Å². The van der Waals surface area contributed by atoms with Gasteiger partial charge in [0.15, 0.2) is 5.82 Å². The second-order valence-electron chi connectivity index (χ2n) is 7.60. The standard InChI is InChI=1S/C25H23N5S/c1-31-22-7-5-18(6-8-22)23-4-2-3-21(28-23)17-30-14-11-24-20(16-30)15-27-25(29-24)19-9-12-26-13-10-19/h2-10,12-13,15H,11,14,16-17H2,1H3. The van der Waals surface area contributed by atoms with Gasteiger partial charge in [-0.2, -0.15) is 0 Å². The molecule has 31 heavy (non-hydrogen) atoms. The molecular weight excluding hydrogens is 402 g/mol. The first-order chi connectivity index (χ1) is 15.3. The molecule has 1 aromatic carbocycles. The van der Waals surface area contributed by atoms with E-state index in [9.17, 15) is 0 Å². The maximum Gasteiger partial charge on any atom is 0.159 e. The minimum Gasteiger partial charge on any atom is -0.293 e. The second-order valence-corrected chi connectivity index (χ2v) is 8.48. The van der Waals surface area contributed by atoms with Crippen molar-refractivity contribution in [2.45, 2.75) is 24.4 Å². The molecule has 154 valence electrons. The van der Waals surface area contributed by atoms with Crippen LogP contribution in [0.1, 0.15) is 17.0 Å². The van der Waals surface area contributed by atoms with Crippen molar-refractivity contribution in [1.29, 1.82) is 0 Å². The van der Waals surface area contributed by atoms with Gasteiger partial charge in [0.05, 0.1) is 17.1 Å². The molecule has 0 bridgehead atoms. The number of pyridine rings is 2. The molecule has 0 N–H and O–H groups in total. The summed E-state index contributed by atoms with van der Waals surface area (Å²) in [5.41, 5.74) is 6.62. The average molecular weight is 426 g/mol. The fraction of sp³-hybridized carbons (Fsp3) is 0.200. The molecule has 0 saturated heterocycles. The molecule has 0 fully saturated rings. The molecule has 4 aromatic rings. The molecule has 6 heteroatoms. The molecular formula is C25H23N5S. The normalized spacial score (nSPS) is 13.7. The second kappa shape index (κ2) is 8.96. The predicted octanol–water partition coefficient (Wildman–Crippen LogP) is 4.88. The van der Waals surface area contributed by atoms with Crippen LogP contribution in [0, 0.1) is 0 Å². The van der Waals surface area contributed by atoms with E-state index in [4.69, 9.17) is 9.97 Å². The van der Waals surface area contributed by atoms with Gasteiger partial charge in [-0.25, -0.2) is 9.97 Å². The summed E-state index contributed by atoms with van der Waals surface area (Å²) in [7, 11) is 0. The maximum atomic E-state index is 4.92. The summed E-state index contributed by atoms with van der Waals surface area (Å²) in [6.07, 6.45) is 8.54. The highest BCUT2D eigenvalue weighted by Gasteiger charge is 2.19. The molecule has 3 aromatic heterocycles. The number of rotatable bonds is 5. The van der Waals surface area contributed by atoms with Gasteiger partial charge in [0.2, 0.25) is 0 Å². The third-order valence-electron chi connectivity index (χ3n) is 5.53. The van der Waals surface area contributed by atoms with Gasteiger partial charge in [-0.3, -0.25) is 14.9 Å². The molecule has 0 spiro atoms. The van der Waals surface area contributed by atoms with Crippen LogP contribution in [0.25, 0.3) is 22.6 Å². The Morgan fingerprint density at radius 2 is 1.77 bits per heavy atom. The van der Waals surface area contributed by atoms with Crippen molar-refractivity contribution < 1.29 is 0 Å². The minimum absolute atomic E-state index is 0.774. The van der Waals surface area contributed by atoms with E-state index in [0.717, 1.165) is 60.1 Å². The maximum absolute atomic E-state index is 4.92. The molecule has 5 rings (SSSR count). The molecule has 0 amide bonds. The molecule has 0 atom stereocenters. The Morgan fingerprint density at radius 1 is 0.935 bits per heavy atom. The van der Waals surface area contributed by atoms with Crippen LogP contribution in [-0.4, -0.2) is 37.6 Å². The van der Waals surface area contributed by atoms with Crippen molar-refractivity contribution in [3.63, 3.8) is 0 Å². The Kier molecular flexibility index (Phi) is 5.74. The zero-order valence-corrected chi connectivity index (χ0v) is 18.2. The highest BCUT2D eigenvalue weighted by atomic mass is 32.2. The Hall–Kier alpha value is -3.09. The summed E-state index contributed by atoms with van der Waals surface area (Å²) >= 11 is 1.75. The SMILES string of the molecule is CSc1ccc(-c2cccc(CN3CCc4nc(-c5ccncc5)ncc4C3)n2)cc1. The van der Waals surface area contributed by atoms with Gasteiger partial charge < -0.3 is 0 Å². The Morgan fingerprint density at radius 3 is 2.58 bits per heavy atom. The van der Waals surface area contributed by atoms with E-state index in [0.29, 0.717) is 0 Å². The van der Waals surface area contributed by atoms with Gasteiger partial charge in [0.25, 0.3) is 0 Å². The number of benzene rings is 1. The molecule has 0 aliphatic carbocycles. The third kappa shape index (κ3) is 4.50. The van der Waals surface area contributed by atoms with Gasteiger partial charge in [-0.1, -0.05) is 18.2 Å². The molecule has 0 saturated carbocycles. The van der Waals surface area contributed by atoms with Crippen LogP contribution in [0.5, 0.6) is 0 Å². The Labute approximate surface area is 186 Å². The number of hydrogen-bond acceptors (Lipinski definition) is 6. The fourth-order valence-corrected chi connectivity index (χ4v) is 4.28. The average Bonchev–Trinajstić information content (AvgIpc) is 2.84. The van der Waals surface area contributed by atoms with E-state index >= 15 is 0 Å². The Bertz CT molecular complexity index is 1180. The van der Waals surface area contributed by atoms with Crippen molar-refractivity contribution in [3.8, 4) is 22.6 Å². The van der Waals surface area contributed by atoms with E-state index in [1.54, 1.807) is 24.2 Å². The molecule has 0 radical (unpaired) electrons. The third-order valence-corrected chi connectivity index (χ3v) is 6.27. The van der Waals surface area contributed by atoms with Crippen LogP contribution in [-0.2, 0) is 19.5 Å². The largest absolute Gasteiger partial charge is 0.293 e. The van der Waals surface area contributed by atoms with E-state index in [-0.39, 0.29) is 0 Å². The van der Waals surface area contributed by atoms with Gasteiger partial charge in [-0.15, -0.1) is 11.8 Å². The van der Waals surface area contributed by atoms with Crippen molar-refractivity contribution in [2.24, 2.45) is 0 Å². The summed E-state index contributed by atoms with van der Waals surface area (Å²) in [6.45, 7) is 2.64. The van der Waals surface area contributed by atoms with Crippen LogP contribution in [0.15, 0.2) is 78.1 Å². The fourth-order valence-electron chi connectivity index (χ4n) is 3.87. The first kappa shape index (κ1) is 19.8. The summed E-state index contributed by atoms with van der Waals surface area (Å²) in [4.78, 5) is 22.1. The topological polar surface area (TPSA) is 54.8 Å². The minimum atomic E-state index is 0.774. The monoisotopic (exact) mass is 425 g/mol. The predicted molar refractivity (Wildman–Crippen MR) is 125 cm³/mol. The van der Waals surface area contributed by atoms with Crippen LogP contribution < -0.4 is 0 Å². The highest BCUT2D eigenvalue weighted by Crippen LogP contribution is 2.24. The summed E-state index contributed by atoms with van der Waals surface area (Å²) in [6, 6.07) is 18.8. The summed E-state index contributed by atoms with van der Waals surface area (Å²) in [5.74, 6) is 0.774. The number of hydrogen-bond donors (Lipinski definition) is 0. The zero-order valence-electron chi connectivity index (χ0n) is 17.4. The first-order valence-corrected chi connectivity index (χ1v) is 11.6. The lowest BCUT2D eigenvalue weighted by atomic mass is 10.1. The number of nitrogens with zero attached hydrogens (tertiary/aromatic N) is 5. The van der Waals surface area contributed by atoms with Crippen LogP contribution >= 0.6 is 11.8 Å². The van der Waals surface area contributed by atoms with Gasteiger partial charge in [0.1, 0.15) is 0 Å². The lowest BCUT2D eigenvalue weighted by molar-refractivity contribution is 0.240. The number of thioether (sulfide) groups is 1. The van der Waals surface area contributed by atoms with Crippen LogP contribution in [0.3, 0.4) is 0 Å². The first-order valence-electron chi connectivity index (χ1n) is 10.4. The Balaban J connectivity index is 1.30. The van der Waals surface area contributed by atoms with Crippen molar-refractivity contribution in [3.05, 3.63) is 90.1 Å². The van der Waals surface area contributed by atoms with Crippen LogP contribution in [0.4, 0.5) is 0 Å². The summed E-state index contributed by atoms with van der Waals surface area (Å²) in [5, 5.41) is 0. The number of aromatic nitrogens is 4. The molecule has 1 aliphatic heterocycles. The summed E-state index contributed by atoms with van der Waals surface area (Å²) < 4.78 is 0. The zero-order chi connectivity index (χ0) is 21.0. The van der Waals surface area contributed by atoms with Crippen LogP contribution in [0.2, 0.25) is 0 Å². The van der Waals surface area contributed by atoms with Gasteiger partial charge in [0, 0.05) is 66.2 Å². The quantitative estimate of drug-likeness (QED) is 0.425. The van der Waals surface area contributed by atoms with E-state index in [1.807, 2.05) is 18.3 Å². The lowest BCUT2D eigenvalue weighted by Crippen LogP contribution is -2.31. The lowest BCUT2D eigenvalue weighted by Gasteiger charge is -2.27. The smallest absolute Gasteiger partial charge is 0.159 e. The molecule has 1 aliphatic rings. The molecule has 4 heterocycles. The molecule has 0 unspecified atom stereocenters. The number of fused-ring (bicyclic) bond motifs is 1. The van der Waals surface area contributed by atoms with E-state index < -0.39 is 0 Å².